The Morgan fingerprint density at radius 1 is 1.33 bits per heavy atom. The normalized spacial score (nSPS) is 32.4. The van der Waals surface area contributed by atoms with Crippen LogP contribution in [0.25, 0.3) is 0 Å². The first-order valence-electron chi connectivity index (χ1n) is 9.49. The van der Waals surface area contributed by atoms with E-state index in [0.29, 0.717) is 24.7 Å². The fraction of sp³-hybridized carbons (Fsp3) is 0.762. The Bertz CT molecular complexity index is 516. The lowest BCUT2D eigenvalue weighted by atomic mass is 9.78. The highest BCUT2D eigenvalue weighted by molar-refractivity contribution is 8.33. The fourth-order valence-electron chi connectivity index (χ4n) is 3.62. The van der Waals surface area contributed by atoms with Crippen molar-refractivity contribution >= 4 is 15.9 Å². The molecule has 1 aliphatic heterocycles. The SMILES string of the molecule is C=C(CC(C)C)/C(C)=C/C(=N\S1(C)CCC1)C1CCC(C)(F)CC1. The van der Waals surface area contributed by atoms with Gasteiger partial charge < -0.3 is 0 Å². The molecule has 0 amide bonds. The molecule has 0 bridgehead atoms. The average molecular weight is 354 g/mol. The maximum atomic E-state index is 14.2. The number of hydrogen-bond donors (Lipinski definition) is 0. The topological polar surface area (TPSA) is 12.4 Å². The average Bonchev–Trinajstić information content (AvgIpc) is 2.44. The van der Waals surface area contributed by atoms with Crippen molar-refractivity contribution in [2.75, 3.05) is 17.8 Å². The molecule has 1 heterocycles. The molecule has 0 N–H and O–H groups in total. The Hall–Kier alpha value is -0.570. The van der Waals surface area contributed by atoms with E-state index >= 15 is 0 Å². The van der Waals surface area contributed by atoms with E-state index in [2.05, 4.69) is 39.7 Å². The van der Waals surface area contributed by atoms with Crippen molar-refractivity contribution in [2.45, 2.75) is 71.9 Å². The van der Waals surface area contributed by atoms with Gasteiger partial charge in [-0.05, 0) is 87.7 Å². The second-order valence-corrected chi connectivity index (χ2v) is 12.2. The highest BCUT2D eigenvalue weighted by atomic mass is 32.3. The molecule has 1 aliphatic carbocycles. The minimum atomic E-state index is -0.977. The largest absolute Gasteiger partial charge is 0.244 e. The van der Waals surface area contributed by atoms with Crippen molar-refractivity contribution in [3.05, 3.63) is 23.8 Å². The van der Waals surface area contributed by atoms with Crippen LogP contribution in [0.1, 0.15) is 66.2 Å². The van der Waals surface area contributed by atoms with E-state index in [1.165, 1.54) is 34.8 Å². The van der Waals surface area contributed by atoms with Gasteiger partial charge in [-0.15, -0.1) is 10.2 Å². The molecular weight excluding hydrogens is 317 g/mol. The summed E-state index contributed by atoms with van der Waals surface area (Å²) in [5.74, 6) is 3.59. The summed E-state index contributed by atoms with van der Waals surface area (Å²) < 4.78 is 19.4. The monoisotopic (exact) mass is 353 g/mol. The maximum absolute atomic E-state index is 14.2. The van der Waals surface area contributed by atoms with Crippen molar-refractivity contribution in [3.63, 3.8) is 0 Å². The Morgan fingerprint density at radius 3 is 2.38 bits per heavy atom. The van der Waals surface area contributed by atoms with Gasteiger partial charge >= 0.3 is 0 Å². The van der Waals surface area contributed by atoms with Crippen LogP contribution in [0.4, 0.5) is 4.39 Å². The number of halogens is 1. The minimum absolute atomic E-state index is 0.431. The molecule has 1 saturated carbocycles. The molecule has 0 aromatic heterocycles. The van der Waals surface area contributed by atoms with Gasteiger partial charge in [0.05, 0.1) is 5.71 Å². The van der Waals surface area contributed by atoms with Crippen LogP contribution < -0.4 is 0 Å². The lowest BCUT2D eigenvalue weighted by Crippen LogP contribution is -2.30. The van der Waals surface area contributed by atoms with Crippen molar-refractivity contribution in [1.82, 2.24) is 0 Å². The number of alkyl halides is 1. The molecule has 0 aromatic carbocycles. The molecule has 2 fully saturated rings. The third-order valence-electron chi connectivity index (χ3n) is 5.52. The van der Waals surface area contributed by atoms with Crippen molar-refractivity contribution in [3.8, 4) is 0 Å². The smallest absolute Gasteiger partial charge is 0.108 e. The van der Waals surface area contributed by atoms with Gasteiger partial charge in [0, 0.05) is 5.92 Å². The zero-order valence-corrected chi connectivity index (χ0v) is 17.1. The number of rotatable bonds is 6. The Kier molecular flexibility index (Phi) is 6.39. The summed E-state index contributed by atoms with van der Waals surface area (Å²) in [5, 5.41) is 0. The molecule has 2 aliphatic rings. The number of nitrogens with zero attached hydrogens (tertiary/aromatic N) is 1. The second kappa shape index (κ2) is 7.76. The molecule has 0 spiro atoms. The van der Waals surface area contributed by atoms with Gasteiger partial charge in [0.15, 0.2) is 0 Å². The quantitative estimate of drug-likeness (QED) is 0.374. The lowest BCUT2D eigenvalue weighted by Gasteiger charge is -2.42. The summed E-state index contributed by atoms with van der Waals surface area (Å²) in [6.45, 7) is 12.7. The molecule has 0 atom stereocenters. The predicted molar refractivity (Wildman–Crippen MR) is 109 cm³/mol. The third kappa shape index (κ3) is 5.47. The summed E-state index contributed by atoms with van der Waals surface area (Å²) in [4.78, 5) is 0. The standard InChI is InChI=1S/C21H36FNS/c1-16(2)14-17(3)18(4)15-20(23-24(6)12-7-13-24)19-8-10-21(5,22)11-9-19/h15-16,19H,3,7-14H2,1-2,4-6H3/b18-15+,23-20+. The Labute approximate surface area is 150 Å². The molecule has 0 aromatic rings. The summed E-state index contributed by atoms with van der Waals surface area (Å²) in [5.41, 5.74) is 2.75. The fourth-order valence-corrected chi connectivity index (χ4v) is 5.64. The molecule has 0 unspecified atom stereocenters. The van der Waals surface area contributed by atoms with Crippen LogP contribution in [-0.2, 0) is 0 Å². The van der Waals surface area contributed by atoms with E-state index in [0.717, 1.165) is 19.3 Å². The summed E-state index contributed by atoms with van der Waals surface area (Å²) in [6, 6.07) is 0. The Morgan fingerprint density at radius 2 is 1.92 bits per heavy atom. The first kappa shape index (κ1) is 19.8. The van der Waals surface area contributed by atoms with Crippen LogP contribution in [0.3, 0.4) is 0 Å². The van der Waals surface area contributed by atoms with Crippen LogP contribution in [0.5, 0.6) is 0 Å². The molecule has 24 heavy (non-hydrogen) atoms. The van der Waals surface area contributed by atoms with Gasteiger partial charge in [0.25, 0.3) is 0 Å². The van der Waals surface area contributed by atoms with E-state index in [9.17, 15) is 4.39 Å². The van der Waals surface area contributed by atoms with E-state index < -0.39 is 15.9 Å². The molecule has 2 rings (SSSR count). The van der Waals surface area contributed by atoms with E-state index in [1.54, 1.807) is 6.92 Å². The van der Waals surface area contributed by atoms with Crippen LogP contribution >= 0.6 is 10.2 Å². The molecule has 138 valence electrons. The molecule has 3 heteroatoms. The zero-order chi connectivity index (χ0) is 18.0. The van der Waals surface area contributed by atoms with Gasteiger partial charge in [-0.3, -0.25) is 0 Å². The van der Waals surface area contributed by atoms with Crippen LogP contribution in [-0.4, -0.2) is 29.1 Å². The van der Waals surface area contributed by atoms with Crippen molar-refractivity contribution in [2.24, 2.45) is 16.2 Å². The summed E-state index contributed by atoms with van der Waals surface area (Å²) in [6.07, 6.45) is 10.2. The van der Waals surface area contributed by atoms with Gasteiger partial charge in [-0.25, -0.2) is 8.79 Å². The van der Waals surface area contributed by atoms with E-state index in [4.69, 9.17) is 4.40 Å². The summed E-state index contributed by atoms with van der Waals surface area (Å²) in [7, 11) is -0.791. The summed E-state index contributed by atoms with van der Waals surface area (Å²) >= 11 is 0. The third-order valence-corrected chi connectivity index (χ3v) is 8.51. The predicted octanol–water partition coefficient (Wildman–Crippen LogP) is 6.65. The second-order valence-electron chi connectivity index (χ2n) is 8.72. The number of hydrogen-bond acceptors (Lipinski definition) is 1. The van der Waals surface area contributed by atoms with E-state index in [1.807, 2.05) is 0 Å². The highest BCUT2D eigenvalue weighted by Gasteiger charge is 2.34. The number of allylic oxidation sites excluding steroid dienone is 3. The van der Waals surface area contributed by atoms with Gasteiger partial charge in [0.1, 0.15) is 5.67 Å². The molecule has 1 nitrogen and oxygen atoms in total. The first-order chi connectivity index (χ1) is 11.1. The van der Waals surface area contributed by atoms with Crippen molar-refractivity contribution in [1.29, 1.82) is 0 Å². The molecule has 0 radical (unpaired) electrons. The van der Waals surface area contributed by atoms with E-state index in [-0.39, 0.29) is 0 Å². The lowest BCUT2D eigenvalue weighted by molar-refractivity contribution is 0.118. The first-order valence-corrected chi connectivity index (χ1v) is 11.8. The highest BCUT2D eigenvalue weighted by Crippen LogP contribution is 2.55. The van der Waals surface area contributed by atoms with Crippen molar-refractivity contribution < 1.29 is 4.39 Å². The maximum Gasteiger partial charge on any atom is 0.108 e. The zero-order valence-electron chi connectivity index (χ0n) is 16.3. The van der Waals surface area contributed by atoms with Gasteiger partial charge in [-0.1, -0.05) is 26.0 Å². The van der Waals surface area contributed by atoms with Gasteiger partial charge in [0.2, 0.25) is 0 Å². The van der Waals surface area contributed by atoms with Gasteiger partial charge in [-0.2, -0.15) is 0 Å². The van der Waals surface area contributed by atoms with Crippen LogP contribution in [0.15, 0.2) is 28.2 Å². The van der Waals surface area contributed by atoms with Crippen LogP contribution in [0, 0.1) is 11.8 Å². The molecular formula is C21H36FNS. The Balaban J connectivity index is 2.19. The molecule has 1 saturated heterocycles. The minimum Gasteiger partial charge on any atom is -0.244 e. The van der Waals surface area contributed by atoms with Crippen LogP contribution in [0.2, 0.25) is 0 Å².